The summed E-state index contributed by atoms with van der Waals surface area (Å²) in [5.74, 6) is 0.746. The van der Waals surface area contributed by atoms with Crippen molar-refractivity contribution in [3.63, 3.8) is 0 Å². The van der Waals surface area contributed by atoms with E-state index in [1.807, 2.05) is 23.6 Å². The number of rotatable bonds is 6. The van der Waals surface area contributed by atoms with Crippen LogP contribution in [0.2, 0.25) is 0 Å². The maximum absolute atomic E-state index is 11.8. The predicted molar refractivity (Wildman–Crippen MR) is 84.2 cm³/mol. The summed E-state index contributed by atoms with van der Waals surface area (Å²) in [6.45, 7) is 0.421. The average molecular weight is 313 g/mol. The van der Waals surface area contributed by atoms with Crippen LogP contribution in [-0.2, 0) is 17.8 Å². The monoisotopic (exact) mass is 313 g/mol. The van der Waals surface area contributed by atoms with Crippen molar-refractivity contribution in [2.24, 2.45) is 0 Å². The van der Waals surface area contributed by atoms with Gasteiger partial charge < -0.3 is 9.73 Å². The molecule has 0 unspecified atom stereocenters. The molecule has 22 heavy (non-hydrogen) atoms. The van der Waals surface area contributed by atoms with Crippen molar-refractivity contribution in [2.75, 3.05) is 0 Å². The molecule has 3 rings (SSSR count). The van der Waals surface area contributed by atoms with Crippen molar-refractivity contribution in [3.05, 3.63) is 59.1 Å². The highest BCUT2D eigenvalue weighted by Crippen LogP contribution is 2.21. The summed E-state index contributed by atoms with van der Waals surface area (Å²) in [7, 11) is 0. The topological polar surface area (TPSA) is 68.0 Å². The van der Waals surface area contributed by atoms with E-state index < -0.39 is 0 Å². The number of thiazole rings is 1. The molecule has 6 heteroatoms. The highest BCUT2D eigenvalue weighted by Gasteiger charge is 2.08. The Hall–Kier alpha value is -2.47. The fourth-order valence-corrected chi connectivity index (χ4v) is 2.79. The van der Waals surface area contributed by atoms with Crippen LogP contribution in [0.1, 0.15) is 17.2 Å². The summed E-state index contributed by atoms with van der Waals surface area (Å²) in [5.41, 5.74) is 1.90. The third-order valence-corrected chi connectivity index (χ3v) is 4.02. The van der Waals surface area contributed by atoms with Crippen molar-refractivity contribution in [3.8, 4) is 11.3 Å². The summed E-state index contributed by atoms with van der Waals surface area (Å²) in [6, 6.07) is 7.50. The first-order chi connectivity index (χ1) is 10.8. The second-order valence-electron chi connectivity index (χ2n) is 4.72. The van der Waals surface area contributed by atoms with Gasteiger partial charge in [0.05, 0.1) is 23.5 Å². The van der Waals surface area contributed by atoms with Crippen molar-refractivity contribution in [1.82, 2.24) is 15.3 Å². The molecule has 0 aliphatic carbocycles. The van der Waals surface area contributed by atoms with Crippen LogP contribution in [0.3, 0.4) is 0 Å². The molecule has 0 aliphatic heterocycles. The molecule has 0 aliphatic rings. The Morgan fingerprint density at radius 2 is 2.27 bits per heavy atom. The fraction of sp³-hybridized carbons (Fsp3) is 0.188. The van der Waals surface area contributed by atoms with Gasteiger partial charge in [0.25, 0.3) is 0 Å². The lowest BCUT2D eigenvalue weighted by molar-refractivity contribution is -0.121. The number of aryl methyl sites for hydroxylation is 1. The molecule has 0 atom stereocenters. The van der Waals surface area contributed by atoms with Crippen molar-refractivity contribution >= 4 is 17.2 Å². The number of hydrogen-bond donors (Lipinski definition) is 1. The highest BCUT2D eigenvalue weighted by molar-refractivity contribution is 7.09. The Balaban J connectivity index is 1.49. The Labute approximate surface area is 132 Å². The quantitative estimate of drug-likeness (QED) is 0.759. The lowest BCUT2D eigenvalue weighted by Crippen LogP contribution is -2.22. The number of nitrogens with one attached hydrogen (secondary N) is 1. The maximum atomic E-state index is 11.8. The van der Waals surface area contributed by atoms with E-state index in [-0.39, 0.29) is 5.91 Å². The SMILES string of the molecule is O=C(CCc1nc(-c2cccnc2)cs1)NCc1ccco1. The average Bonchev–Trinajstić information content (AvgIpc) is 3.23. The molecule has 0 bridgehead atoms. The minimum Gasteiger partial charge on any atom is -0.467 e. The first kappa shape index (κ1) is 14.5. The summed E-state index contributed by atoms with van der Waals surface area (Å²) in [6.07, 6.45) is 6.17. The third kappa shape index (κ3) is 3.79. The van der Waals surface area contributed by atoms with Gasteiger partial charge in [-0.3, -0.25) is 9.78 Å². The molecule has 0 spiro atoms. The molecule has 0 saturated heterocycles. The van der Waals surface area contributed by atoms with Crippen LogP contribution < -0.4 is 5.32 Å². The third-order valence-electron chi connectivity index (χ3n) is 3.11. The second-order valence-corrected chi connectivity index (χ2v) is 5.67. The van der Waals surface area contributed by atoms with Crippen molar-refractivity contribution in [1.29, 1.82) is 0 Å². The molecule has 0 fully saturated rings. The van der Waals surface area contributed by atoms with Crippen molar-refractivity contribution < 1.29 is 9.21 Å². The minimum absolute atomic E-state index is 0.00507. The lowest BCUT2D eigenvalue weighted by atomic mass is 10.2. The Kier molecular flexibility index (Phi) is 4.60. The summed E-state index contributed by atoms with van der Waals surface area (Å²) >= 11 is 1.56. The number of furan rings is 1. The van der Waals surface area contributed by atoms with Gasteiger partial charge in [-0.2, -0.15) is 0 Å². The normalized spacial score (nSPS) is 10.5. The van der Waals surface area contributed by atoms with Gasteiger partial charge in [-0.25, -0.2) is 4.98 Å². The van der Waals surface area contributed by atoms with Crippen LogP contribution in [0.15, 0.2) is 52.7 Å². The zero-order chi connectivity index (χ0) is 15.2. The van der Waals surface area contributed by atoms with Crippen LogP contribution in [0.4, 0.5) is 0 Å². The molecule has 1 N–H and O–H groups in total. The van der Waals surface area contributed by atoms with Crippen LogP contribution in [0, 0.1) is 0 Å². The van der Waals surface area contributed by atoms with E-state index in [2.05, 4.69) is 15.3 Å². The molecule has 3 heterocycles. The van der Waals surface area contributed by atoms with E-state index in [0.29, 0.717) is 19.4 Å². The molecule has 0 saturated carbocycles. The highest BCUT2D eigenvalue weighted by atomic mass is 32.1. The predicted octanol–water partition coefficient (Wildman–Crippen LogP) is 3.05. The number of amides is 1. The zero-order valence-corrected chi connectivity index (χ0v) is 12.7. The van der Waals surface area contributed by atoms with Gasteiger partial charge in [-0.05, 0) is 24.3 Å². The first-order valence-electron chi connectivity index (χ1n) is 6.95. The van der Waals surface area contributed by atoms with E-state index in [9.17, 15) is 4.79 Å². The zero-order valence-electron chi connectivity index (χ0n) is 11.9. The van der Waals surface area contributed by atoms with Crippen LogP contribution in [0.5, 0.6) is 0 Å². The van der Waals surface area contributed by atoms with Gasteiger partial charge >= 0.3 is 0 Å². The molecule has 1 amide bonds. The van der Waals surface area contributed by atoms with Gasteiger partial charge in [0.2, 0.25) is 5.91 Å². The standard InChI is InChI=1S/C16H15N3O2S/c20-15(18-10-13-4-2-8-21-13)5-6-16-19-14(11-22-16)12-3-1-7-17-9-12/h1-4,7-9,11H,5-6,10H2,(H,18,20). The minimum atomic E-state index is -0.00507. The van der Waals surface area contributed by atoms with E-state index in [1.54, 1.807) is 36.1 Å². The molecular weight excluding hydrogens is 298 g/mol. The van der Waals surface area contributed by atoms with Crippen LogP contribution in [-0.4, -0.2) is 15.9 Å². The van der Waals surface area contributed by atoms with E-state index in [1.165, 1.54) is 0 Å². The number of hydrogen-bond acceptors (Lipinski definition) is 5. The van der Waals surface area contributed by atoms with Gasteiger partial charge in [0, 0.05) is 36.2 Å². The number of carbonyl (C=O) groups excluding carboxylic acids is 1. The van der Waals surface area contributed by atoms with Crippen LogP contribution in [0.25, 0.3) is 11.3 Å². The van der Waals surface area contributed by atoms with Gasteiger partial charge in [-0.1, -0.05) is 0 Å². The fourth-order valence-electron chi connectivity index (χ4n) is 1.98. The molecule has 0 radical (unpaired) electrons. The molecule has 3 aromatic rings. The summed E-state index contributed by atoms with van der Waals surface area (Å²) in [4.78, 5) is 20.4. The summed E-state index contributed by atoms with van der Waals surface area (Å²) in [5, 5.41) is 5.77. The molecule has 3 aromatic heterocycles. The number of pyridine rings is 1. The molecule has 5 nitrogen and oxygen atoms in total. The van der Waals surface area contributed by atoms with Gasteiger partial charge in [0.15, 0.2) is 0 Å². The number of nitrogens with zero attached hydrogens (tertiary/aromatic N) is 2. The lowest BCUT2D eigenvalue weighted by Gasteiger charge is -2.01. The van der Waals surface area contributed by atoms with E-state index >= 15 is 0 Å². The van der Waals surface area contributed by atoms with Crippen LogP contribution >= 0.6 is 11.3 Å². The molecular formula is C16H15N3O2S. The van der Waals surface area contributed by atoms with Gasteiger partial charge in [0.1, 0.15) is 5.76 Å². The summed E-state index contributed by atoms with van der Waals surface area (Å²) < 4.78 is 5.17. The number of carbonyl (C=O) groups is 1. The maximum Gasteiger partial charge on any atom is 0.220 e. The van der Waals surface area contributed by atoms with Gasteiger partial charge in [-0.15, -0.1) is 11.3 Å². The Morgan fingerprint density at radius 1 is 1.32 bits per heavy atom. The van der Waals surface area contributed by atoms with Crippen molar-refractivity contribution in [2.45, 2.75) is 19.4 Å². The largest absolute Gasteiger partial charge is 0.467 e. The molecule has 112 valence electrons. The second kappa shape index (κ2) is 7.00. The number of aromatic nitrogens is 2. The van der Waals surface area contributed by atoms with E-state index in [0.717, 1.165) is 22.0 Å². The Morgan fingerprint density at radius 3 is 3.05 bits per heavy atom. The molecule has 0 aromatic carbocycles. The smallest absolute Gasteiger partial charge is 0.220 e. The Bertz CT molecular complexity index is 723. The van der Waals surface area contributed by atoms with E-state index in [4.69, 9.17) is 4.42 Å². The first-order valence-corrected chi connectivity index (χ1v) is 7.83.